The first-order chi connectivity index (χ1) is 9.20. The van der Waals surface area contributed by atoms with Crippen LogP contribution in [0.5, 0.6) is 0 Å². The van der Waals surface area contributed by atoms with Crippen LogP contribution in [0.3, 0.4) is 0 Å². The molecule has 5 nitrogen and oxygen atoms in total. The van der Waals surface area contributed by atoms with Crippen LogP contribution >= 0.6 is 0 Å². The van der Waals surface area contributed by atoms with E-state index in [1.54, 1.807) is 0 Å². The molecule has 2 unspecified atom stereocenters. The quantitative estimate of drug-likeness (QED) is 0.633. The molecule has 0 aromatic rings. The van der Waals surface area contributed by atoms with Crippen molar-refractivity contribution < 1.29 is 14.3 Å². The molecule has 1 N–H and O–H groups in total. The normalized spacial score (nSPS) is 22.7. The van der Waals surface area contributed by atoms with Gasteiger partial charge in [0.05, 0.1) is 19.3 Å². The predicted octanol–water partition coefficient (Wildman–Crippen LogP) is 0.886. The minimum absolute atomic E-state index is 0.0387. The summed E-state index contributed by atoms with van der Waals surface area (Å²) in [5.41, 5.74) is 0. The van der Waals surface area contributed by atoms with Crippen molar-refractivity contribution in [2.75, 3.05) is 46.1 Å². The Kier molecular flexibility index (Phi) is 8.02. The molecule has 1 rings (SSSR count). The fourth-order valence-electron chi connectivity index (χ4n) is 2.33. The van der Waals surface area contributed by atoms with E-state index in [4.69, 9.17) is 9.47 Å². The summed E-state index contributed by atoms with van der Waals surface area (Å²) in [6.45, 7) is 10.8. The molecule has 112 valence electrons. The van der Waals surface area contributed by atoms with Gasteiger partial charge in [-0.2, -0.15) is 0 Å². The summed E-state index contributed by atoms with van der Waals surface area (Å²) in [6, 6.07) is -0.0387. The molecule has 0 aromatic heterocycles. The van der Waals surface area contributed by atoms with Crippen molar-refractivity contribution in [3.63, 3.8) is 0 Å². The molecule has 1 aliphatic heterocycles. The Morgan fingerprint density at radius 2 is 1.79 bits per heavy atom. The van der Waals surface area contributed by atoms with Gasteiger partial charge in [-0.1, -0.05) is 6.92 Å². The fraction of sp³-hybridized carbons (Fsp3) is 0.929. The van der Waals surface area contributed by atoms with E-state index in [1.165, 1.54) is 0 Å². The summed E-state index contributed by atoms with van der Waals surface area (Å²) in [6.07, 6.45) is 1.07. The number of nitrogens with zero attached hydrogens (tertiary/aromatic N) is 1. The van der Waals surface area contributed by atoms with Crippen molar-refractivity contribution in [1.82, 2.24) is 10.2 Å². The lowest BCUT2D eigenvalue weighted by Gasteiger charge is -2.27. The first kappa shape index (κ1) is 16.4. The number of hydrogen-bond donors (Lipinski definition) is 1. The summed E-state index contributed by atoms with van der Waals surface area (Å²) in [5.74, 6) is 0.596. The maximum absolute atomic E-state index is 12.5. The van der Waals surface area contributed by atoms with Gasteiger partial charge in [-0.15, -0.1) is 0 Å². The van der Waals surface area contributed by atoms with Gasteiger partial charge in [0.2, 0.25) is 5.91 Å². The van der Waals surface area contributed by atoms with E-state index in [1.807, 2.05) is 18.7 Å². The highest BCUT2D eigenvalue weighted by Gasteiger charge is 2.32. The second kappa shape index (κ2) is 9.28. The Labute approximate surface area is 116 Å². The second-order valence-electron chi connectivity index (χ2n) is 4.92. The van der Waals surface area contributed by atoms with Gasteiger partial charge in [-0.05, 0) is 32.7 Å². The molecule has 0 aliphatic carbocycles. The van der Waals surface area contributed by atoms with Crippen LogP contribution in [0.1, 0.15) is 27.2 Å². The standard InChI is InChI=1S/C14H28N2O3/c1-4-18-10-8-16(9-11-19-5-2)14(17)13-12(3)6-7-15-13/h12-13,15H,4-11H2,1-3H3. The number of ether oxygens (including phenoxy) is 2. The zero-order valence-electron chi connectivity index (χ0n) is 12.5. The zero-order valence-corrected chi connectivity index (χ0v) is 12.5. The molecule has 1 heterocycles. The monoisotopic (exact) mass is 272 g/mol. The zero-order chi connectivity index (χ0) is 14.1. The molecule has 2 atom stereocenters. The summed E-state index contributed by atoms with van der Waals surface area (Å²) >= 11 is 0. The number of carbonyl (C=O) groups is 1. The van der Waals surface area contributed by atoms with E-state index >= 15 is 0 Å². The lowest BCUT2D eigenvalue weighted by molar-refractivity contribution is -0.135. The first-order valence-corrected chi connectivity index (χ1v) is 7.38. The smallest absolute Gasteiger partial charge is 0.240 e. The van der Waals surface area contributed by atoms with Crippen molar-refractivity contribution in [2.45, 2.75) is 33.2 Å². The number of hydrogen-bond acceptors (Lipinski definition) is 4. The molecule has 19 heavy (non-hydrogen) atoms. The van der Waals surface area contributed by atoms with Crippen LogP contribution in [0, 0.1) is 5.92 Å². The molecule has 5 heteroatoms. The Morgan fingerprint density at radius 3 is 2.21 bits per heavy atom. The van der Waals surface area contributed by atoms with E-state index in [0.29, 0.717) is 45.4 Å². The van der Waals surface area contributed by atoms with Crippen molar-refractivity contribution in [3.8, 4) is 0 Å². The average molecular weight is 272 g/mol. The Bertz CT molecular complexity index is 251. The van der Waals surface area contributed by atoms with Crippen LogP contribution in [-0.4, -0.2) is 62.9 Å². The van der Waals surface area contributed by atoms with Crippen LogP contribution in [-0.2, 0) is 14.3 Å². The second-order valence-corrected chi connectivity index (χ2v) is 4.92. The highest BCUT2D eigenvalue weighted by molar-refractivity contribution is 5.82. The van der Waals surface area contributed by atoms with Gasteiger partial charge in [0.15, 0.2) is 0 Å². The van der Waals surface area contributed by atoms with Gasteiger partial charge < -0.3 is 19.7 Å². The van der Waals surface area contributed by atoms with E-state index in [2.05, 4.69) is 12.2 Å². The van der Waals surface area contributed by atoms with Crippen LogP contribution in [0.25, 0.3) is 0 Å². The Morgan fingerprint density at radius 1 is 1.21 bits per heavy atom. The summed E-state index contributed by atoms with van der Waals surface area (Å²) in [5, 5.41) is 3.29. The van der Waals surface area contributed by atoms with Crippen LogP contribution in [0.15, 0.2) is 0 Å². The molecule has 1 aliphatic rings. The first-order valence-electron chi connectivity index (χ1n) is 7.38. The number of rotatable bonds is 9. The lowest BCUT2D eigenvalue weighted by atomic mass is 10.0. The minimum Gasteiger partial charge on any atom is -0.380 e. The number of carbonyl (C=O) groups excluding carboxylic acids is 1. The molecule has 0 radical (unpaired) electrons. The van der Waals surface area contributed by atoms with Gasteiger partial charge in [0.1, 0.15) is 0 Å². The highest BCUT2D eigenvalue weighted by Crippen LogP contribution is 2.16. The van der Waals surface area contributed by atoms with Gasteiger partial charge >= 0.3 is 0 Å². The van der Waals surface area contributed by atoms with E-state index in [-0.39, 0.29) is 11.9 Å². The molecule has 1 saturated heterocycles. The van der Waals surface area contributed by atoms with Crippen LogP contribution in [0.2, 0.25) is 0 Å². The number of nitrogens with one attached hydrogen (secondary N) is 1. The Hall–Kier alpha value is -0.650. The molecule has 1 fully saturated rings. The topological polar surface area (TPSA) is 50.8 Å². The molecule has 0 spiro atoms. The minimum atomic E-state index is -0.0387. The third-order valence-corrected chi connectivity index (χ3v) is 3.53. The maximum atomic E-state index is 12.5. The highest BCUT2D eigenvalue weighted by atomic mass is 16.5. The largest absolute Gasteiger partial charge is 0.380 e. The summed E-state index contributed by atoms with van der Waals surface area (Å²) < 4.78 is 10.7. The van der Waals surface area contributed by atoms with E-state index < -0.39 is 0 Å². The maximum Gasteiger partial charge on any atom is 0.240 e. The van der Waals surface area contributed by atoms with Crippen molar-refractivity contribution in [1.29, 1.82) is 0 Å². The molecule has 1 amide bonds. The fourth-order valence-corrected chi connectivity index (χ4v) is 2.33. The molecule has 0 aromatic carbocycles. The van der Waals surface area contributed by atoms with E-state index in [0.717, 1.165) is 13.0 Å². The molecular formula is C14H28N2O3. The van der Waals surface area contributed by atoms with Crippen LogP contribution in [0.4, 0.5) is 0 Å². The number of amides is 1. The van der Waals surface area contributed by atoms with Gasteiger partial charge in [-0.25, -0.2) is 0 Å². The van der Waals surface area contributed by atoms with Crippen LogP contribution < -0.4 is 5.32 Å². The third kappa shape index (κ3) is 5.47. The molecule has 0 saturated carbocycles. The SMILES string of the molecule is CCOCCN(CCOCC)C(=O)C1NCCC1C. The van der Waals surface area contributed by atoms with Crippen molar-refractivity contribution in [3.05, 3.63) is 0 Å². The van der Waals surface area contributed by atoms with Gasteiger partial charge in [-0.3, -0.25) is 4.79 Å². The Balaban J connectivity index is 2.47. The third-order valence-electron chi connectivity index (χ3n) is 3.53. The predicted molar refractivity (Wildman–Crippen MR) is 75.1 cm³/mol. The lowest BCUT2D eigenvalue weighted by Crippen LogP contribution is -2.48. The van der Waals surface area contributed by atoms with E-state index in [9.17, 15) is 4.79 Å². The summed E-state index contributed by atoms with van der Waals surface area (Å²) in [7, 11) is 0. The average Bonchev–Trinajstić information content (AvgIpc) is 2.83. The van der Waals surface area contributed by atoms with Crippen molar-refractivity contribution in [2.24, 2.45) is 5.92 Å². The van der Waals surface area contributed by atoms with Gasteiger partial charge in [0.25, 0.3) is 0 Å². The molecular weight excluding hydrogens is 244 g/mol. The van der Waals surface area contributed by atoms with Gasteiger partial charge in [0, 0.05) is 26.3 Å². The van der Waals surface area contributed by atoms with Crippen molar-refractivity contribution >= 4 is 5.91 Å². The molecule has 0 bridgehead atoms. The summed E-state index contributed by atoms with van der Waals surface area (Å²) in [4.78, 5) is 14.4.